The minimum absolute atomic E-state index is 0.0297. The number of cyclic esters (lactones) is 1. The lowest BCUT2D eigenvalue weighted by molar-refractivity contribution is -0.137. The summed E-state index contributed by atoms with van der Waals surface area (Å²) in [7, 11) is 0. The number of hydrogen-bond donors (Lipinski definition) is 0. The van der Waals surface area contributed by atoms with Gasteiger partial charge >= 0.3 is 6.09 Å². The van der Waals surface area contributed by atoms with Gasteiger partial charge in [0.25, 0.3) is 0 Å². The third-order valence-corrected chi connectivity index (χ3v) is 5.49. The highest BCUT2D eigenvalue weighted by atomic mass is 16.6. The molecule has 3 aliphatic rings. The number of carbonyl (C=O) groups excluding carboxylic acids is 3. The summed E-state index contributed by atoms with van der Waals surface area (Å²) < 4.78 is 4.91. The minimum Gasteiger partial charge on any atom is -0.447 e. The van der Waals surface area contributed by atoms with E-state index in [9.17, 15) is 14.4 Å². The summed E-state index contributed by atoms with van der Waals surface area (Å²) in [4.78, 5) is 38.7. The van der Waals surface area contributed by atoms with Crippen molar-refractivity contribution >= 4 is 17.9 Å². The molecule has 1 aromatic carbocycles. The van der Waals surface area contributed by atoms with Crippen LogP contribution in [0.1, 0.15) is 37.4 Å². The van der Waals surface area contributed by atoms with Gasteiger partial charge in [0.15, 0.2) is 0 Å². The van der Waals surface area contributed by atoms with Crippen LogP contribution in [0.4, 0.5) is 4.79 Å². The molecule has 27 heavy (non-hydrogen) atoms. The van der Waals surface area contributed by atoms with E-state index < -0.39 is 17.6 Å². The van der Waals surface area contributed by atoms with Gasteiger partial charge in [-0.05, 0) is 31.5 Å². The van der Waals surface area contributed by atoms with Crippen LogP contribution in [-0.4, -0.2) is 58.1 Å². The van der Waals surface area contributed by atoms with Crippen molar-refractivity contribution in [3.63, 3.8) is 0 Å². The fraction of sp³-hybridized carbons (Fsp3) is 0.474. The Hall–Kier alpha value is -2.92. The molecule has 3 fully saturated rings. The Morgan fingerprint density at radius 1 is 1.26 bits per heavy atom. The SMILES string of the molecule is CC1(C)CC(=O)N2C[C@@H](C(=O)N3CCOC3=O)[C@H](c3ccc(C#N)cc3)N21. The van der Waals surface area contributed by atoms with Gasteiger partial charge in [0.05, 0.1) is 36.7 Å². The molecule has 0 spiro atoms. The second-order valence-corrected chi connectivity index (χ2v) is 7.70. The fourth-order valence-corrected chi connectivity index (χ4v) is 4.30. The van der Waals surface area contributed by atoms with Crippen LogP contribution in [0.3, 0.4) is 0 Å². The maximum Gasteiger partial charge on any atom is 0.416 e. The van der Waals surface area contributed by atoms with Gasteiger partial charge in [0, 0.05) is 12.0 Å². The molecule has 1 aromatic rings. The van der Waals surface area contributed by atoms with E-state index in [0.29, 0.717) is 12.0 Å². The van der Waals surface area contributed by atoms with Crippen LogP contribution >= 0.6 is 0 Å². The van der Waals surface area contributed by atoms with E-state index >= 15 is 0 Å². The van der Waals surface area contributed by atoms with Crippen molar-refractivity contribution in [2.75, 3.05) is 19.7 Å². The Labute approximate surface area is 156 Å². The molecule has 3 aliphatic heterocycles. The highest BCUT2D eigenvalue weighted by molar-refractivity contribution is 5.95. The third kappa shape index (κ3) is 2.66. The average Bonchev–Trinajstić information content (AvgIpc) is 3.30. The Kier molecular flexibility index (Phi) is 3.93. The monoisotopic (exact) mass is 368 g/mol. The zero-order valence-corrected chi connectivity index (χ0v) is 15.2. The Morgan fingerprint density at radius 3 is 2.56 bits per heavy atom. The van der Waals surface area contributed by atoms with Crippen molar-refractivity contribution in [2.24, 2.45) is 5.92 Å². The molecule has 140 valence electrons. The van der Waals surface area contributed by atoms with Crippen LogP contribution in [0.2, 0.25) is 0 Å². The summed E-state index contributed by atoms with van der Waals surface area (Å²) in [5.41, 5.74) is 0.914. The van der Waals surface area contributed by atoms with Gasteiger partial charge in [-0.1, -0.05) is 12.1 Å². The van der Waals surface area contributed by atoms with E-state index in [4.69, 9.17) is 10.00 Å². The number of nitrogens with zero attached hydrogens (tertiary/aromatic N) is 4. The number of imide groups is 1. The molecule has 0 radical (unpaired) electrons. The first-order valence-electron chi connectivity index (χ1n) is 8.91. The topological polar surface area (TPSA) is 94.0 Å². The average molecular weight is 368 g/mol. The van der Waals surface area contributed by atoms with Gasteiger partial charge < -0.3 is 4.74 Å². The third-order valence-electron chi connectivity index (χ3n) is 5.49. The Balaban J connectivity index is 1.75. The van der Waals surface area contributed by atoms with Gasteiger partial charge in [-0.3, -0.25) is 14.6 Å². The van der Waals surface area contributed by atoms with Crippen molar-refractivity contribution in [1.29, 1.82) is 5.26 Å². The molecule has 0 bridgehead atoms. The molecule has 3 amide bonds. The quantitative estimate of drug-likeness (QED) is 0.784. The van der Waals surface area contributed by atoms with Crippen LogP contribution in [0.25, 0.3) is 0 Å². The predicted molar refractivity (Wildman–Crippen MR) is 92.7 cm³/mol. The normalized spacial score (nSPS) is 26.9. The molecule has 2 atom stereocenters. The van der Waals surface area contributed by atoms with E-state index in [-0.39, 0.29) is 37.6 Å². The number of fused-ring (bicyclic) bond motifs is 1. The van der Waals surface area contributed by atoms with Gasteiger partial charge in [-0.2, -0.15) is 5.26 Å². The number of benzene rings is 1. The summed E-state index contributed by atoms with van der Waals surface area (Å²) in [6, 6.07) is 8.73. The molecular weight excluding hydrogens is 348 g/mol. The molecule has 4 rings (SSSR count). The number of hydrazine groups is 1. The summed E-state index contributed by atoms with van der Waals surface area (Å²) in [6.45, 7) is 4.59. The lowest BCUT2D eigenvalue weighted by Crippen LogP contribution is -2.45. The molecule has 8 heteroatoms. The van der Waals surface area contributed by atoms with E-state index in [1.54, 1.807) is 17.1 Å². The van der Waals surface area contributed by atoms with E-state index in [1.165, 1.54) is 0 Å². The van der Waals surface area contributed by atoms with Gasteiger partial charge in [0.2, 0.25) is 11.8 Å². The standard InChI is InChI=1S/C19H20N4O4/c1-19(2)9-15(24)22-11-14(17(25)21-7-8-27-18(21)26)16(23(19)22)13-5-3-12(10-20)4-6-13/h3-6,14,16H,7-9,11H2,1-2H3/t14-,16+/m1/s1. The molecule has 0 N–H and O–H groups in total. The number of hydrogen-bond acceptors (Lipinski definition) is 6. The van der Waals surface area contributed by atoms with Crippen LogP contribution in [0.15, 0.2) is 24.3 Å². The van der Waals surface area contributed by atoms with Gasteiger partial charge in [-0.25, -0.2) is 14.7 Å². The molecule has 3 heterocycles. The number of carbonyl (C=O) groups is 3. The summed E-state index contributed by atoms with van der Waals surface area (Å²) >= 11 is 0. The second kappa shape index (κ2) is 6.06. The molecule has 0 aromatic heterocycles. The fourth-order valence-electron chi connectivity index (χ4n) is 4.30. The van der Waals surface area contributed by atoms with E-state index in [2.05, 4.69) is 6.07 Å². The first-order chi connectivity index (χ1) is 12.8. The lowest BCUT2D eigenvalue weighted by atomic mass is 9.88. The molecule has 3 saturated heterocycles. The van der Waals surface area contributed by atoms with Crippen molar-refractivity contribution < 1.29 is 19.1 Å². The first kappa shape index (κ1) is 17.5. The highest BCUT2D eigenvalue weighted by Gasteiger charge is 2.57. The zero-order chi connectivity index (χ0) is 19.3. The number of ether oxygens (including phenoxy) is 1. The zero-order valence-electron chi connectivity index (χ0n) is 15.2. The van der Waals surface area contributed by atoms with Crippen LogP contribution in [0, 0.1) is 17.2 Å². The van der Waals surface area contributed by atoms with E-state index in [1.807, 2.05) is 31.0 Å². The Morgan fingerprint density at radius 2 is 1.96 bits per heavy atom. The highest BCUT2D eigenvalue weighted by Crippen LogP contribution is 2.47. The predicted octanol–water partition coefficient (Wildman–Crippen LogP) is 1.44. The van der Waals surface area contributed by atoms with Gasteiger partial charge in [-0.15, -0.1) is 0 Å². The first-order valence-corrected chi connectivity index (χ1v) is 8.91. The van der Waals surface area contributed by atoms with Crippen molar-refractivity contribution in [3.05, 3.63) is 35.4 Å². The van der Waals surface area contributed by atoms with Crippen LogP contribution in [0.5, 0.6) is 0 Å². The minimum atomic E-state index is -0.633. The summed E-state index contributed by atoms with van der Waals surface area (Å²) in [5.74, 6) is -0.935. The smallest absolute Gasteiger partial charge is 0.416 e. The molecule has 0 saturated carbocycles. The summed E-state index contributed by atoms with van der Waals surface area (Å²) in [5, 5.41) is 12.6. The summed E-state index contributed by atoms with van der Waals surface area (Å²) in [6.07, 6.45) is -0.266. The largest absolute Gasteiger partial charge is 0.447 e. The molecule has 0 aliphatic carbocycles. The number of amides is 3. The number of nitriles is 1. The van der Waals surface area contributed by atoms with Crippen molar-refractivity contribution in [2.45, 2.75) is 31.8 Å². The van der Waals surface area contributed by atoms with Crippen LogP contribution < -0.4 is 0 Å². The Bertz CT molecular complexity index is 857. The van der Waals surface area contributed by atoms with Crippen molar-refractivity contribution in [1.82, 2.24) is 14.9 Å². The lowest BCUT2D eigenvalue weighted by Gasteiger charge is -2.37. The molecular formula is C19H20N4O4. The van der Waals surface area contributed by atoms with Crippen molar-refractivity contribution in [3.8, 4) is 6.07 Å². The van der Waals surface area contributed by atoms with Gasteiger partial charge in [0.1, 0.15) is 6.61 Å². The second-order valence-electron chi connectivity index (χ2n) is 7.70. The maximum atomic E-state index is 13.1. The molecule has 0 unspecified atom stereocenters. The molecule has 8 nitrogen and oxygen atoms in total. The van der Waals surface area contributed by atoms with Crippen LogP contribution in [-0.2, 0) is 14.3 Å². The van der Waals surface area contributed by atoms with E-state index in [0.717, 1.165) is 10.5 Å². The number of rotatable bonds is 2. The maximum absolute atomic E-state index is 13.1.